The monoisotopic (exact) mass is 270 g/mol. The fourth-order valence-corrected chi connectivity index (χ4v) is 2.41. The van der Waals surface area contributed by atoms with Crippen LogP contribution < -0.4 is 0 Å². The summed E-state index contributed by atoms with van der Waals surface area (Å²) in [5.74, 6) is 1.80. The summed E-state index contributed by atoms with van der Waals surface area (Å²) < 4.78 is 5.45. The van der Waals surface area contributed by atoms with E-state index in [1.165, 1.54) is 0 Å². The number of aliphatic hydroxyl groups is 2. The zero-order chi connectivity index (χ0) is 13.2. The van der Waals surface area contributed by atoms with Crippen LogP contribution in [0.15, 0.2) is 30.3 Å². The van der Waals surface area contributed by atoms with Crippen LogP contribution in [0.5, 0.6) is 0 Å². The zero-order valence-electron chi connectivity index (χ0n) is 10.8. The van der Waals surface area contributed by atoms with Crippen molar-refractivity contribution >= 4 is 11.8 Å². The van der Waals surface area contributed by atoms with Crippen LogP contribution in [0.3, 0.4) is 0 Å². The van der Waals surface area contributed by atoms with Gasteiger partial charge in [0.2, 0.25) is 0 Å². The molecule has 0 fully saturated rings. The molecule has 2 unspecified atom stereocenters. The predicted molar refractivity (Wildman–Crippen MR) is 75.7 cm³/mol. The van der Waals surface area contributed by atoms with Crippen molar-refractivity contribution in [2.75, 3.05) is 24.7 Å². The molecule has 0 aliphatic heterocycles. The Morgan fingerprint density at radius 3 is 2.61 bits per heavy atom. The number of ether oxygens (including phenoxy) is 1. The van der Waals surface area contributed by atoms with Crippen molar-refractivity contribution in [3.05, 3.63) is 35.9 Å². The van der Waals surface area contributed by atoms with Gasteiger partial charge in [-0.3, -0.25) is 0 Å². The Kier molecular flexibility index (Phi) is 8.09. The highest BCUT2D eigenvalue weighted by molar-refractivity contribution is 7.99. The molecule has 0 saturated heterocycles. The van der Waals surface area contributed by atoms with Crippen molar-refractivity contribution in [3.63, 3.8) is 0 Å². The van der Waals surface area contributed by atoms with Crippen molar-refractivity contribution in [2.45, 2.75) is 19.6 Å². The molecule has 0 saturated carbocycles. The molecule has 4 heteroatoms. The summed E-state index contributed by atoms with van der Waals surface area (Å²) in [7, 11) is 0. The van der Waals surface area contributed by atoms with Gasteiger partial charge in [-0.25, -0.2) is 0 Å². The van der Waals surface area contributed by atoms with Crippen LogP contribution in [-0.2, 0) is 11.3 Å². The van der Waals surface area contributed by atoms with Gasteiger partial charge in [0, 0.05) is 12.4 Å². The third-order valence-electron chi connectivity index (χ3n) is 2.45. The van der Waals surface area contributed by atoms with Gasteiger partial charge in [0.1, 0.15) is 0 Å². The molecule has 1 aromatic rings. The summed E-state index contributed by atoms with van der Waals surface area (Å²) >= 11 is 1.65. The molecule has 0 radical (unpaired) electrons. The minimum Gasteiger partial charge on any atom is -0.396 e. The fourth-order valence-electron chi connectivity index (χ4n) is 1.39. The second-order valence-corrected chi connectivity index (χ2v) is 5.55. The number of hydrogen-bond acceptors (Lipinski definition) is 4. The quantitative estimate of drug-likeness (QED) is 0.720. The lowest BCUT2D eigenvalue weighted by Crippen LogP contribution is -2.19. The Balaban J connectivity index is 2.05. The number of aliphatic hydroxyl groups excluding tert-OH is 2. The highest BCUT2D eigenvalue weighted by atomic mass is 32.2. The van der Waals surface area contributed by atoms with Gasteiger partial charge in [0.25, 0.3) is 0 Å². The average Bonchev–Trinajstić information content (AvgIpc) is 2.39. The standard InChI is InChI=1S/C14H22O3S/c1-12(7-15)10-18-11-14(16)9-17-8-13-5-3-2-4-6-13/h2-6,12,14-16H,7-11H2,1H3. The maximum Gasteiger partial charge on any atom is 0.0863 e. The summed E-state index contributed by atoms with van der Waals surface area (Å²) in [6, 6.07) is 9.92. The van der Waals surface area contributed by atoms with Crippen molar-refractivity contribution < 1.29 is 14.9 Å². The normalized spacial score (nSPS) is 14.4. The summed E-state index contributed by atoms with van der Waals surface area (Å²) in [6.07, 6.45) is -0.440. The minimum atomic E-state index is -0.440. The van der Waals surface area contributed by atoms with Crippen LogP contribution >= 0.6 is 11.8 Å². The molecule has 0 aliphatic rings. The first-order chi connectivity index (χ1) is 8.72. The Bertz CT molecular complexity index is 305. The molecule has 0 aliphatic carbocycles. The number of hydrogen-bond donors (Lipinski definition) is 2. The van der Waals surface area contributed by atoms with Gasteiger partial charge in [-0.2, -0.15) is 11.8 Å². The molecule has 2 N–H and O–H groups in total. The maximum absolute atomic E-state index is 9.70. The first-order valence-corrected chi connectivity index (χ1v) is 7.36. The van der Waals surface area contributed by atoms with Gasteiger partial charge in [0.15, 0.2) is 0 Å². The smallest absolute Gasteiger partial charge is 0.0863 e. The van der Waals surface area contributed by atoms with Crippen LogP contribution in [0.2, 0.25) is 0 Å². The lowest BCUT2D eigenvalue weighted by atomic mass is 10.2. The number of thioether (sulfide) groups is 1. The van der Waals surface area contributed by atoms with E-state index in [-0.39, 0.29) is 12.5 Å². The van der Waals surface area contributed by atoms with Gasteiger partial charge in [-0.15, -0.1) is 0 Å². The predicted octanol–water partition coefficient (Wildman–Crippen LogP) is 1.93. The van der Waals surface area contributed by atoms with E-state index in [0.29, 0.717) is 19.0 Å². The maximum atomic E-state index is 9.70. The molecule has 18 heavy (non-hydrogen) atoms. The molecule has 0 spiro atoms. The van der Waals surface area contributed by atoms with E-state index in [1.807, 2.05) is 37.3 Å². The third-order valence-corrected chi connectivity index (χ3v) is 3.87. The third kappa shape index (κ3) is 7.01. The Labute approximate surface area is 113 Å². The molecule has 1 aromatic carbocycles. The van der Waals surface area contributed by atoms with E-state index in [1.54, 1.807) is 11.8 Å². The number of benzene rings is 1. The van der Waals surface area contributed by atoms with Gasteiger partial charge < -0.3 is 14.9 Å². The van der Waals surface area contributed by atoms with Crippen molar-refractivity contribution in [2.24, 2.45) is 5.92 Å². The lowest BCUT2D eigenvalue weighted by molar-refractivity contribution is 0.0398. The molecule has 0 aromatic heterocycles. The van der Waals surface area contributed by atoms with Crippen LogP contribution in [0.25, 0.3) is 0 Å². The largest absolute Gasteiger partial charge is 0.396 e. The Hall–Kier alpha value is -0.550. The van der Waals surface area contributed by atoms with Gasteiger partial charge in [-0.05, 0) is 17.2 Å². The summed E-state index contributed by atoms with van der Waals surface area (Å²) in [5.41, 5.74) is 1.12. The highest BCUT2D eigenvalue weighted by Gasteiger charge is 2.06. The molecule has 102 valence electrons. The van der Waals surface area contributed by atoms with E-state index >= 15 is 0 Å². The molecule has 0 heterocycles. The van der Waals surface area contributed by atoms with Crippen LogP contribution in [-0.4, -0.2) is 41.0 Å². The van der Waals surface area contributed by atoms with E-state index < -0.39 is 6.10 Å². The van der Waals surface area contributed by atoms with Crippen LogP contribution in [0.4, 0.5) is 0 Å². The molecule has 0 amide bonds. The summed E-state index contributed by atoms with van der Waals surface area (Å²) in [4.78, 5) is 0. The van der Waals surface area contributed by atoms with Crippen molar-refractivity contribution in [3.8, 4) is 0 Å². The van der Waals surface area contributed by atoms with E-state index in [0.717, 1.165) is 11.3 Å². The van der Waals surface area contributed by atoms with Crippen LogP contribution in [0.1, 0.15) is 12.5 Å². The fraction of sp³-hybridized carbons (Fsp3) is 0.571. The highest BCUT2D eigenvalue weighted by Crippen LogP contribution is 2.10. The zero-order valence-corrected chi connectivity index (χ0v) is 11.6. The Morgan fingerprint density at radius 1 is 1.22 bits per heavy atom. The first-order valence-electron chi connectivity index (χ1n) is 6.20. The molecule has 3 nitrogen and oxygen atoms in total. The average molecular weight is 270 g/mol. The van der Waals surface area contributed by atoms with E-state index in [2.05, 4.69) is 0 Å². The summed E-state index contributed by atoms with van der Waals surface area (Å²) in [6.45, 7) is 3.09. The number of rotatable bonds is 9. The summed E-state index contributed by atoms with van der Waals surface area (Å²) in [5, 5.41) is 18.6. The Morgan fingerprint density at radius 2 is 1.94 bits per heavy atom. The van der Waals surface area contributed by atoms with Gasteiger partial charge in [-0.1, -0.05) is 37.3 Å². The first kappa shape index (κ1) is 15.5. The molecular weight excluding hydrogens is 248 g/mol. The molecule has 1 rings (SSSR count). The second-order valence-electron chi connectivity index (χ2n) is 4.48. The minimum absolute atomic E-state index is 0.202. The molecule has 2 atom stereocenters. The second kappa shape index (κ2) is 9.39. The van der Waals surface area contributed by atoms with Crippen molar-refractivity contribution in [1.82, 2.24) is 0 Å². The SMILES string of the molecule is CC(CO)CSCC(O)COCc1ccccc1. The van der Waals surface area contributed by atoms with Crippen LogP contribution in [0, 0.1) is 5.92 Å². The topological polar surface area (TPSA) is 49.7 Å². The van der Waals surface area contributed by atoms with Crippen molar-refractivity contribution in [1.29, 1.82) is 0 Å². The van der Waals surface area contributed by atoms with E-state index in [4.69, 9.17) is 9.84 Å². The molecule has 0 bridgehead atoms. The molecular formula is C14H22O3S. The van der Waals surface area contributed by atoms with Gasteiger partial charge >= 0.3 is 0 Å². The van der Waals surface area contributed by atoms with E-state index in [9.17, 15) is 5.11 Å². The lowest BCUT2D eigenvalue weighted by Gasteiger charge is -2.12. The van der Waals surface area contributed by atoms with Gasteiger partial charge in [0.05, 0.1) is 19.3 Å².